The summed E-state index contributed by atoms with van der Waals surface area (Å²) in [6.45, 7) is 0.737. The van der Waals surface area contributed by atoms with Crippen LogP contribution in [-0.4, -0.2) is 6.61 Å². The lowest BCUT2D eigenvalue weighted by Crippen LogP contribution is -2.17. The van der Waals surface area contributed by atoms with Gasteiger partial charge in [0.05, 0.1) is 23.4 Å². The molecular formula is C12H13BrFNO. The number of hydrogen-bond donors (Lipinski definition) is 1. The lowest BCUT2D eigenvalue weighted by atomic mass is 9.96. The molecule has 1 unspecified atom stereocenters. The molecule has 1 aromatic carbocycles. The fraction of sp³-hybridized carbons (Fsp3) is 0.333. The van der Waals surface area contributed by atoms with Gasteiger partial charge in [0, 0.05) is 0 Å². The number of hydrogen-bond acceptors (Lipinski definition) is 2. The molecule has 16 heavy (non-hydrogen) atoms. The molecule has 2 nitrogen and oxygen atoms in total. The van der Waals surface area contributed by atoms with Crippen LogP contribution in [0.2, 0.25) is 0 Å². The summed E-state index contributed by atoms with van der Waals surface area (Å²) in [5.41, 5.74) is 7.87. The molecular weight excluding hydrogens is 273 g/mol. The predicted molar refractivity (Wildman–Crippen MR) is 64.3 cm³/mol. The second kappa shape index (κ2) is 4.97. The molecule has 0 radical (unpaired) electrons. The van der Waals surface area contributed by atoms with Crippen LogP contribution in [0.4, 0.5) is 4.39 Å². The van der Waals surface area contributed by atoms with E-state index >= 15 is 0 Å². The van der Waals surface area contributed by atoms with Crippen LogP contribution in [-0.2, 0) is 4.74 Å². The van der Waals surface area contributed by atoms with Crippen molar-refractivity contribution in [2.75, 3.05) is 6.61 Å². The fourth-order valence-corrected chi connectivity index (χ4v) is 2.28. The van der Waals surface area contributed by atoms with E-state index in [-0.39, 0.29) is 11.9 Å². The predicted octanol–water partition coefficient (Wildman–Crippen LogP) is 3.28. The van der Waals surface area contributed by atoms with Crippen molar-refractivity contribution in [3.05, 3.63) is 45.9 Å². The quantitative estimate of drug-likeness (QED) is 0.905. The van der Waals surface area contributed by atoms with Gasteiger partial charge in [-0.15, -0.1) is 0 Å². The largest absolute Gasteiger partial charge is 0.501 e. The maximum absolute atomic E-state index is 13.4. The topological polar surface area (TPSA) is 35.2 Å². The minimum absolute atomic E-state index is 0.287. The minimum atomic E-state index is -0.301. The molecule has 2 N–H and O–H groups in total. The Morgan fingerprint density at radius 2 is 2.25 bits per heavy atom. The van der Waals surface area contributed by atoms with Gasteiger partial charge in [0.15, 0.2) is 0 Å². The van der Waals surface area contributed by atoms with E-state index in [2.05, 4.69) is 15.9 Å². The van der Waals surface area contributed by atoms with Crippen LogP contribution in [0, 0.1) is 5.82 Å². The number of nitrogens with two attached hydrogens (primary N) is 1. The van der Waals surface area contributed by atoms with Crippen LogP contribution in [0.5, 0.6) is 0 Å². The Morgan fingerprint density at radius 3 is 2.94 bits per heavy atom. The van der Waals surface area contributed by atoms with Crippen molar-refractivity contribution in [2.45, 2.75) is 18.9 Å². The maximum Gasteiger partial charge on any atom is 0.137 e. The van der Waals surface area contributed by atoms with Crippen LogP contribution < -0.4 is 5.73 Å². The molecule has 1 atom stereocenters. The molecule has 0 bridgehead atoms. The molecule has 0 saturated carbocycles. The molecule has 0 aliphatic carbocycles. The molecule has 0 spiro atoms. The van der Waals surface area contributed by atoms with Crippen LogP contribution in [0.25, 0.3) is 0 Å². The Balaban J connectivity index is 2.29. The lowest BCUT2D eigenvalue weighted by Gasteiger charge is -2.21. The van der Waals surface area contributed by atoms with Gasteiger partial charge in [-0.2, -0.15) is 0 Å². The molecule has 1 heterocycles. The molecule has 1 aromatic rings. The van der Waals surface area contributed by atoms with Gasteiger partial charge in [-0.3, -0.25) is 0 Å². The summed E-state index contributed by atoms with van der Waals surface area (Å²) in [6, 6.07) is 4.60. The molecule has 4 heteroatoms. The minimum Gasteiger partial charge on any atom is -0.501 e. The van der Waals surface area contributed by atoms with E-state index in [1.807, 2.05) is 6.07 Å². The summed E-state index contributed by atoms with van der Waals surface area (Å²) < 4.78 is 19.0. The van der Waals surface area contributed by atoms with Crippen molar-refractivity contribution in [1.29, 1.82) is 0 Å². The normalized spacial score (nSPS) is 17.6. The third kappa shape index (κ3) is 2.28. The van der Waals surface area contributed by atoms with Gasteiger partial charge < -0.3 is 10.5 Å². The highest BCUT2D eigenvalue weighted by Crippen LogP contribution is 2.31. The second-order valence-corrected chi connectivity index (χ2v) is 4.58. The highest BCUT2D eigenvalue weighted by molar-refractivity contribution is 9.10. The Kier molecular flexibility index (Phi) is 3.61. The summed E-state index contributed by atoms with van der Waals surface area (Å²) in [5, 5.41) is 0. The van der Waals surface area contributed by atoms with Crippen LogP contribution >= 0.6 is 15.9 Å². The van der Waals surface area contributed by atoms with Gasteiger partial charge in [-0.05, 0) is 46.0 Å². The van der Waals surface area contributed by atoms with Crippen LogP contribution in [0.3, 0.4) is 0 Å². The van der Waals surface area contributed by atoms with Gasteiger partial charge in [-0.25, -0.2) is 4.39 Å². The zero-order valence-corrected chi connectivity index (χ0v) is 10.3. The van der Waals surface area contributed by atoms with Crippen molar-refractivity contribution in [1.82, 2.24) is 0 Å². The van der Waals surface area contributed by atoms with Gasteiger partial charge in [0.1, 0.15) is 5.82 Å². The van der Waals surface area contributed by atoms with Crippen LogP contribution in [0.15, 0.2) is 34.5 Å². The Bertz CT molecular complexity index is 419. The molecule has 0 aromatic heterocycles. The standard InChI is InChI=1S/C12H13BrFNO/c13-11-9(4-1-5-10(11)14)12(15)8-3-2-6-16-7-8/h1,4-5,7,12H,2-3,6,15H2. The Labute approximate surface area is 102 Å². The summed E-state index contributed by atoms with van der Waals surface area (Å²) in [5.74, 6) is -0.287. The maximum atomic E-state index is 13.4. The Morgan fingerprint density at radius 1 is 1.44 bits per heavy atom. The van der Waals surface area contributed by atoms with E-state index in [0.717, 1.165) is 30.6 Å². The smallest absolute Gasteiger partial charge is 0.137 e. The number of rotatable bonds is 2. The Hall–Kier alpha value is -0.870. The van der Waals surface area contributed by atoms with Crippen molar-refractivity contribution in [2.24, 2.45) is 5.73 Å². The van der Waals surface area contributed by atoms with Crippen molar-refractivity contribution in [3.8, 4) is 0 Å². The summed E-state index contributed by atoms with van der Waals surface area (Å²) in [7, 11) is 0. The molecule has 0 fully saturated rings. The van der Waals surface area contributed by atoms with Gasteiger partial charge in [0.25, 0.3) is 0 Å². The zero-order chi connectivity index (χ0) is 11.5. The average Bonchev–Trinajstić information content (AvgIpc) is 2.33. The third-order valence-electron chi connectivity index (χ3n) is 2.68. The van der Waals surface area contributed by atoms with Gasteiger partial charge in [0.2, 0.25) is 0 Å². The van der Waals surface area contributed by atoms with Crippen molar-refractivity contribution in [3.63, 3.8) is 0 Å². The average molecular weight is 286 g/mol. The van der Waals surface area contributed by atoms with E-state index in [1.165, 1.54) is 6.07 Å². The van der Waals surface area contributed by atoms with Crippen molar-refractivity contribution < 1.29 is 9.13 Å². The first-order valence-corrected chi connectivity index (χ1v) is 5.99. The fourth-order valence-electron chi connectivity index (χ4n) is 1.77. The second-order valence-electron chi connectivity index (χ2n) is 3.79. The van der Waals surface area contributed by atoms with Gasteiger partial charge >= 0.3 is 0 Å². The third-order valence-corrected chi connectivity index (χ3v) is 3.51. The zero-order valence-electron chi connectivity index (χ0n) is 8.75. The monoisotopic (exact) mass is 285 g/mol. The first-order valence-electron chi connectivity index (χ1n) is 5.20. The van der Waals surface area contributed by atoms with Gasteiger partial charge in [-0.1, -0.05) is 12.1 Å². The summed E-state index contributed by atoms with van der Waals surface area (Å²) in [6.07, 6.45) is 3.57. The first kappa shape index (κ1) is 11.6. The molecule has 0 saturated heterocycles. The van der Waals surface area contributed by atoms with E-state index in [0.29, 0.717) is 4.47 Å². The number of benzene rings is 1. The number of halogens is 2. The van der Waals surface area contributed by atoms with Crippen molar-refractivity contribution >= 4 is 15.9 Å². The molecule has 2 rings (SSSR count). The lowest BCUT2D eigenvalue weighted by molar-refractivity contribution is 0.221. The molecule has 1 aliphatic rings. The summed E-state index contributed by atoms with van der Waals surface area (Å²) in [4.78, 5) is 0. The van der Waals surface area contributed by atoms with E-state index < -0.39 is 0 Å². The molecule has 1 aliphatic heterocycles. The highest BCUT2D eigenvalue weighted by atomic mass is 79.9. The van der Waals surface area contributed by atoms with Crippen LogP contribution in [0.1, 0.15) is 24.4 Å². The molecule has 86 valence electrons. The van der Waals surface area contributed by atoms with E-state index in [1.54, 1.807) is 12.3 Å². The van der Waals surface area contributed by atoms with E-state index in [4.69, 9.17) is 10.5 Å². The summed E-state index contributed by atoms with van der Waals surface area (Å²) >= 11 is 3.22. The SMILES string of the molecule is NC(C1=COCCC1)c1cccc(F)c1Br. The first-order chi connectivity index (χ1) is 7.70. The number of ether oxygens (including phenoxy) is 1. The van der Waals surface area contributed by atoms with E-state index in [9.17, 15) is 4.39 Å². The highest BCUT2D eigenvalue weighted by Gasteiger charge is 2.18. The molecule has 0 amide bonds.